The standard InChI is InChI=1S/C13H21NO2S/c1-5-14(9-12-7-6-8-17-12)11(3)10(2)13(15)16-4/h6-8,10-11H,5,9H2,1-4H3. The number of thiophene rings is 1. The Labute approximate surface area is 107 Å². The van der Waals surface area contributed by atoms with Crippen LogP contribution < -0.4 is 0 Å². The number of hydrogen-bond acceptors (Lipinski definition) is 4. The molecule has 0 N–H and O–H groups in total. The summed E-state index contributed by atoms with van der Waals surface area (Å²) in [6.07, 6.45) is 0. The van der Waals surface area contributed by atoms with Crippen LogP contribution in [0, 0.1) is 5.92 Å². The summed E-state index contributed by atoms with van der Waals surface area (Å²) < 4.78 is 4.80. The van der Waals surface area contributed by atoms with Gasteiger partial charge in [0.1, 0.15) is 0 Å². The van der Waals surface area contributed by atoms with Gasteiger partial charge in [-0.05, 0) is 24.9 Å². The molecule has 0 bridgehead atoms. The molecular formula is C13H21NO2S. The van der Waals surface area contributed by atoms with Crippen molar-refractivity contribution in [2.24, 2.45) is 5.92 Å². The number of esters is 1. The molecule has 17 heavy (non-hydrogen) atoms. The van der Waals surface area contributed by atoms with Crippen molar-refractivity contribution in [1.82, 2.24) is 4.90 Å². The van der Waals surface area contributed by atoms with Crippen LogP contribution in [0.15, 0.2) is 17.5 Å². The second-order valence-electron chi connectivity index (χ2n) is 4.19. The fourth-order valence-electron chi connectivity index (χ4n) is 1.85. The molecule has 0 radical (unpaired) electrons. The first-order chi connectivity index (χ1) is 8.10. The van der Waals surface area contributed by atoms with Gasteiger partial charge in [-0.1, -0.05) is 19.9 Å². The highest BCUT2D eigenvalue weighted by atomic mass is 32.1. The van der Waals surface area contributed by atoms with E-state index in [9.17, 15) is 4.79 Å². The summed E-state index contributed by atoms with van der Waals surface area (Å²) >= 11 is 1.75. The number of rotatable bonds is 6. The highest BCUT2D eigenvalue weighted by Gasteiger charge is 2.25. The number of nitrogens with zero attached hydrogens (tertiary/aromatic N) is 1. The predicted molar refractivity (Wildman–Crippen MR) is 71.0 cm³/mol. The molecule has 4 heteroatoms. The first-order valence-corrected chi connectivity index (χ1v) is 6.82. The van der Waals surface area contributed by atoms with E-state index in [1.807, 2.05) is 6.92 Å². The first-order valence-electron chi connectivity index (χ1n) is 5.94. The Kier molecular flexibility index (Phi) is 5.65. The normalized spacial score (nSPS) is 14.6. The summed E-state index contributed by atoms with van der Waals surface area (Å²) in [6.45, 7) is 7.96. The molecule has 1 aromatic rings. The molecule has 0 aliphatic rings. The van der Waals surface area contributed by atoms with Gasteiger partial charge in [0.05, 0.1) is 13.0 Å². The minimum absolute atomic E-state index is 0.0973. The van der Waals surface area contributed by atoms with Crippen molar-refractivity contribution in [2.75, 3.05) is 13.7 Å². The van der Waals surface area contributed by atoms with E-state index in [0.29, 0.717) is 0 Å². The highest BCUT2D eigenvalue weighted by molar-refractivity contribution is 7.09. The topological polar surface area (TPSA) is 29.5 Å². The van der Waals surface area contributed by atoms with Crippen LogP contribution >= 0.6 is 11.3 Å². The van der Waals surface area contributed by atoms with Crippen molar-refractivity contribution in [3.05, 3.63) is 22.4 Å². The van der Waals surface area contributed by atoms with E-state index in [0.717, 1.165) is 13.1 Å². The van der Waals surface area contributed by atoms with Crippen LogP contribution in [-0.2, 0) is 16.1 Å². The Balaban J connectivity index is 2.63. The third-order valence-electron chi connectivity index (χ3n) is 3.22. The maximum absolute atomic E-state index is 11.5. The number of hydrogen-bond donors (Lipinski definition) is 0. The third kappa shape index (κ3) is 3.82. The predicted octanol–water partition coefficient (Wildman–Crippen LogP) is 2.77. The number of carbonyl (C=O) groups is 1. The van der Waals surface area contributed by atoms with E-state index in [1.165, 1.54) is 12.0 Å². The van der Waals surface area contributed by atoms with Crippen molar-refractivity contribution in [2.45, 2.75) is 33.4 Å². The Morgan fingerprint density at radius 3 is 2.71 bits per heavy atom. The van der Waals surface area contributed by atoms with Gasteiger partial charge in [-0.25, -0.2) is 0 Å². The van der Waals surface area contributed by atoms with Gasteiger partial charge in [0, 0.05) is 17.5 Å². The monoisotopic (exact) mass is 255 g/mol. The highest BCUT2D eigenvalue weighted by Crippen LogP contribution is 2.18. The van der Waals surface area contributed by atoms with Gasteiger partial charge < -0.3 is 4.74 Å². The summed E-state index contributed by atoms with van der Waals surface area (Å²) in [4.78, 5) is 15.2. The Morgan fingerprint density at radius 2 is 2.24 bits per heavy atom. The smallest absolute Gasteiger partial charge is 0.309 e. The Hall–Kier alpha value is -0.870. The van der Waals surface area contributed by atoms with Crippen LogP contribution in [0.2, 0.25) is 0 Å². The molecule has 0 saturated carbocycles. The molecule has 2 atom stereocenters. The van der Waals surface area contributed by atoms with Crippen LogP contribution in [0.25, 0.3) is 0 Å². The van der Waals surface area contributed by atoms with Gasteiger partial charge in [-0.3, -0.25) is 9.69 Å². The first kappa shape index (κ1) is 14.2. The van der Waals surface area contributed by atoms with Crippen LogP contribution in [0.1, 0.15) is 25.6 Å². The number of methoxy groups -OCH3 is 1. The average Bonchev–Trinajstić information content (AvgIpc) is 2.85. The van der Waals surface area contributed by atoms with Crippen molar-refractivity contribution >= 4 is 17.3 Å². The minimum atomic E-state index is -0.137. The molecule has 1 heterocycles. The quantitative estimate of drug-likeness (QED) is 0.732. The maximum atomic E-state index is 11.5. The molecule has 1 aromatic heterocycles. The molecule has 0 spiro atoms. The summed E-state index contributed by atoms with van der Waals surface area (Å²) in [5.74, 6) is -0.234. The summed E-state index contributed by atoms with van der Waals surface area (Å²) in [6, 6.07) is 4.38. The van der Waals surface area contributed by atoms with Gasteiger partial charge >= 0.3 is 5.97 Å². The molecule has 0 aliphatic carbocycles. The van der Waals surface area contributed by atoms with E-state index in [1.54, 1.807) is 11.3 Å². The van der Waals surface area contributed by atoms with Gasteiger partial charge in [0.2, 0.25) is 0 Å². The lowest BCUT2D eigenvalue weighted by Crippen LogP contribution is -2.40. The third-order valence-corrected chi connectivity index (χ3v) is 4.08. The molecule has 0 saturated heterocycles. The van der Waals surface area contributed by atoms with Crippen LogP contribution in [0.4, 0.5) is 0 Å². The molecule has 2 unspecified atom stereocenters. The molecule has 0 amide bonds. The van der Waals surface area contributed by atoms with E-state index in [4.69, 9.17) is 4.74 Å². The summed E-state index contributed by atoms with van der Waals surface area (Å²) in [5, 5.41) is 2.08. The van der Waals surface area contributed by atoms with Crippen molar-refractivity contribution in [3.63, 3.8) is 0 Å². The van der Waals surface area contributed by atoms with Crippen molar-refractivity contribution in [1.29, 1.82) is 0 Å². The Morgan fingerprint density at radius 1 is 1.53 bits per heavy atom. The Bertz CT molecular complexity index is 337. The van der Waals surface area contributed by atoms with Gasteiger partial charge in [-0.2, -0.15) is 0 Å². The molecule has 0 aliphatic heterocycles. The second-order valence-corrected chi connectivity index (χ2v) is 5.23. The summed E-state index contributed by atoms with van der Waals surface area (Å²) in [5.41, 5.74) is 0. The zero-order valence-corrected chi connectivity index (χ0v) is 11.8. The lowest BCUT2D eigenvalue weighted by molar-refractivity contribution is -0.147. The molecular weight excluding hydrogens is 234 g/mol. The van der Waals surface area contributed by atoms with E-state index < -0.39 is 0 Å². The van der Waals surface area contributed by atoms with Crippen LogP contribution in [0.3, 0.4) is 0 Å². The zero-order valence-electron chi connectivity index (χ0n) is 11.0. The van der Waals surface area contributed by atoms with E-state index in [2.05, 4.69) is 36.3 Å². The molecule has 96 valence electrons. The van der Waals surface area contributed by atoms with Gasteiger partial charge in [0.15, 0.2) is 0 Å². The maximum Gasteiger partial charge on any atom is 0.309 e. The SMILES string of the molecule is CCN(Cc1cccs1)C(C)C(C)C(=O)OC. The van der Waals surface area contributed by atoms with E-state index in [-0.39, 0.29) is 17.9 Å². The number of ether oxygens (including phenoxy) is 1. The molecule has 0 fully saturated rings. The average molecular weight is 255 g/mol. The minimum Gasteiger partial charge on any atom is -0.469 e. The number of carbonyl (C=O) groups excluding carboxylic acids is 1. The van der Waals surface area contributed by atoms with Crippen LogP contribution in [0.5, 0.6) is 0 Å². The van der Waals surface area contributed by atoms with Crippen LogP contribution in [-0.4, -0.2) is 30.6 Å². The van der Waals surface area contributed by atoms with Gasteiger partial charge in [0.25, 0.3) is 0 Å². The van der Waals surface area contributed by atoms with E-state index >= 15 is 0 Å². The second kappa shape index (κ2) is 6.77. The zero-order chi connectivity index (χ0) is 12.8. The fourth-order valence-corrected chi connectivity index (χ4v) is 2.57. The molecule has 3 nitrogen and oxygen atoms in total. The molecule has 1 rings (SSSR count). The van der Waals surface area contributed by atoms with Gasteiger partial charge in [-0.15, -0.1) is 11.3 Å². The molecule has 0 aromatic carbocycles. The fraction of sp³-hybridized carbons (Fsp3) is 0.615. The van der Waals surface area contributed by atoms with Crippen molar-refractivity contribution < 1.29 is 9.53 Å². The van der Waals surface area contributed by atoms with Crippen molar-refractivity contribution in [3.8, 4) is 0 Å². The lowest BCUT2D eigenvalue weighted by atomic mass is 10.0. The largest absolute Gasteiger partial charge is 0.469 e. The lowest BCUT2D eigenvalue weighted by Gasteiger charge is -2.30. The summed E-state index contributed by atoms with van der Waals surface area (Å²) in [7, 11) is 1.45.